The van der Waals surface area contributed by atoms with Gasteiger partial charge in [0.15, 0.2) is 0 Å². The second-order valence-electron chi connectivity index (χ2n) is 3.73. The summed E-state index contributed by atoms with van der Waals surface area (Å²) in [4.78, 5) is 0. The lowest BCUT2D eigenvalue weighted by Gasteiger charge is -2.06. The lowest BCUT2D eigenvalue weighted by molar-refractivity contribution is 0.475. The van der Waals surface area contributed by atoms with E-state index in [4.69, 9.17) is 5.11 Å². The quantitative estimate of drug-likeness (QED) is 0.647. The summed E-state index contributed by atoms with van der Waals surface area (Å²) in [6.45, 7) is 0.811. The zero-order valence-corrected chi connectivity index (χ0v) is 10.6. The highest BCUT2D eigenvalue weighted by atomic mass is 32.2. The summed E-state index contributed by atoms with van der Waals surface area (Å²) in [5, 5.41) is 11.9. The summed E-state index contributed by atoms with van der Waals surface area (Å²) in [7, 11) is -1.47. The van der Waals surface area contributed by atoms with Crippen LogP contribution in [-0.2, 0) is 16.4 Å². The molecule has 5 nitrogen and oxygen atoms in total. The Balaban J connectivity index is 2.34. The Kier molecular flexibility index (Phi) is 5.40. The number of hydrogen-bond donors (Lipinski definition) is 3. The molecule has 0 spiro atoms. The minimum atomic E-state index is -3.18. The normalized spacial score (nSPS) is 11.6. The molecular weight excluding hydrogens is 240 g/mol. The average Bonchev–Trinajstić information content (AvgIpc) is 2.29. The van der Waals surface area contributed by atoms with E-state index in [2.05, 4.69) is 10.0 Å². The second kappa shape index (κ2) is 6.58. The van der Waals surface area contributed by atoms with Crippen LogP contribution in [0.15, 0.2) is 24.3 Å². The minimum Gasteiger partial charge on any atom is -0.508 e. The summed E-state index contributed by atoms with van der Waals surface area (Å²) in [5.41, 5.74) is 0.985. The SMILES string of the molecule is CNCCS(=O)(=O)NCCc1ccc(O)cc1. The molecule has 0 saturated carbocycles. The number of nitrogens with one attached hydrogen (secondary N) is 2. The van der Waals surface area contributed by atoms with Gasteiger partial charge in [0.05, 0.1) is 5.75 Å². The van der Waals surface area contributed by atoms with Crippen LogP contribution >= 0.6 is 0 Å². The number of hydrogen-bond acceptors (Lipinski definition) is 4. The van der Waals surface area contributed by atoms with E-state index < -0.39 is 10.0 Å². The van der Waals surface area contributed by atoms with Crippen LogP contribution in [-0.4, -0.2) is 39.4 Å². The Morgan fingerprint density at radius 3 is 2.41 bits per heavy atom. The van der Waals surface area contributed by atoms with Crippen LogP contribution in [0.25, 0.3) is 0 Å². The molecule has 1 aromatic rings. The summed E-state index contributed by atoms with van der Waals surface area (Å²) in [5.74, 6) is 0.294. The molecule has 0 amide bonds. The molecule has 0 bridgehead atoms. The van der Waals surface area contributed by atoms with Crippen molar-refractivity contribution in [3.8, 4) is 5.75 Å². The maximum absolute atomic E-state index is 11.4. The number of rotatable bonds is 7. The van der Waals surface area contributed by atoms with E-state index in [1.807, 2.05) is 0 Å². The van der Waals surface area contributed by atoms with Gasteiger partial charge in [-0.2, -0.15) is 0 Å². The molecule has 0 radical (unpaired) electrons. The smallest absolute Gasteiger partial charge is 0.212 e. The molecule has 0 heterocycles. The van der Waals surface area contributed by atoms with E-state index in [-0.39, 0.29) is 11.5 Å². The molecule has 0 saturated heterocycles. The van der Waals surface area contributed by atoms with Crippen molar-refractivity contribution >= 4 is 10.0 Å². The molecule has 0 unspecified atom stereocenters. The Bertz CT molecular complexity index is 429. The van der Waals surface area contributed by atoms with Crippen LogP contribution in [0.3, 0.4) is 0 Å². The Morgan fingerprint density at radius 2 is 1.82 bits per heavy atom. The second-order valence-corrected chi connectivity index (χ2v) is 5.66. The molecule has 0 aromatic heterocycles. The van der Waals surface area contributed by atoms with E-state index in [0.717, 1.165) is 5.56 Å². The van der Waals surface area contributed by atoms with Crippen molar-refractivity contribution in [2.75, 3.05) is 25.9 Å². The van der Waals surface area contributed by atoms with Crippen molar-refractivity contribution in [2.24, 2.45) is 0 Å². The van der Waals surface area contributed by atoms with Crippen LogP contribution in [0.1, 0.15) is 5.56 Å². The van der Waals surface area contributed by atoms with E-state index in [0.29, 0.717) is 19.5 Å². The van der Waals surface area contributed by atoms with Crippen molar-refractivity contribution in [3.63, 3.8) is 0 Å². The molecule has 0 atom stereocenters. The van der Waals surface area contributed by atoms with Crippen LogP contribution in [0.2, 0.25) is 0 Å². The maximum Gasteiger partial charge on any atom is 0.212 e. The topological polar surface area (TPSA) is 78.4 Å². The van der Waals surface area contributed by atoms with Gasteiger partial charge in [-0.3, -0.25) is 0 Å². The Morgan fingerprint density at radius 1 is 1.18 bits per heavy atom. The predicted octanol–water partition coefficient (Wildman–Crippen LogP) is 0.0735. The molecule has 96 valence electrons. The molecule has 6 heteroatoms. The molecular formula is C11H18N2O3S. The number of sulfonamides is 1. The highest BCUT2D eigenvalue weighted by Crippen LogP contribution is 2.09. The summed E-state index contributed by atoms with van der Waals surface area (Å²) < 4.78 is 25.4. The number of benzene rings is 1. The third-order valence-corrected chi connectivity index (χ3v) is 3.68. The first-order chi connectivity index (χ1) is 8.03. The standard InChI is InChI=1S/C11H18N2O3S/c1-12-8-9-17(15,16)13-7-6-10-2-4-11(14)5-3-10/h2-5,12-14H,6-9H2,1H3. The predicted molar refractivity (Wildman–Crippen MR) is 67.5 cm³/mol. The van der Waals surface area contributed by atoms with Crippen LogP contribution in [0.4, 0.5) is 0 Å². The minimum absolute atomic E-state index is 0.0824. The first kappa shape index (κ1) is 14.0. The van der Waals surface area contributed by atoms with Gasteiger partial charge < -0.3 is 10.4 Å². The van der Waals surface area contributed by atoms with Gasteiger partial charge in [-0.15, -0.1) is 0 Å². The molecule has 0 aliphatic rings. The Hall–Kier alpha value is -1.11. The van der Waals surface area contributed by atoms with E-state index in [9.17, 15) is 8.42 Å². The van der Waals surface area contributed by atoms with Crippen LogP contribution < -0.4 is 10.0 Å². The van der Waals surface area contributed by atoms with Gasteiger partial charge in [0.1, 0.15) is 5.75 Å². The third kappa shape index (κ3) is 5.67. The highest BCUT2D eigenvalue weighted by molar-refractivity contribution is 7.89. The fourth-order valence-electron chi connectivity index (χ4n) is 1.32. The van der Waals surface area contributed by atoms with Gasteiger partial charge in [0.25, 0.3) is 0 Å². The van der Waals surface area contributed by atoms with Gasteiger partial charge in [-0.25, -0.2) is 13.1 Å². The van der Waals surface area contributed by atoms with Gasteiger partial charge in [-0.1, -0.05) is 12.1 Å². The average molecular weight is 258 g/mol. The number of phenols is 1. The van der Waals surface area contributed by atoms with E-state index in [1.54, 1.807) is 31.3 Å². The highest BCUT2D eigenvalue weighted by Gasteiger charge is 2.07. The Labute approximate surface area is 102 Å². The molecule has 0 fully saturated rings. The van der Waals surface area contributed by atoms with Crippen molar-refractivity contribution in [1.82, 2.24) is 10.0 Å². The fraction of sp³-hybridized carbons (Fsp3) is 0.455. The van der Waals surface area contributed by atoms with Gasteiger partial charge in [-0.05, 0) is 31.2 Å². The van der Waals surface area contributed by atoms with Gasteiger partial charge in [0, 0.05) is 13.1 Å². The lowest BCUT2D eigenvalue weighted by Crippen LogP contribution is -2.32. The van der Waals surface area contributed by atoms with E-state index in [1.165, 1.54) is 0 Å². The van der Waals surface area contributed by atoms with Crippen molar-refractivity contribution in [3.05, 3.63) is 29.8 Å². The molecule has 17 heavy (non-hydrogen) atoms. The molecule has 1 rings (SSSR count). The zero-order valence-electron chi connectivity index (χ0n) is 9.81. The number of phenolic OH excluding ortho intramolecular Hbond substituents is 1. The maximum atomic E-state index is 11.4. The molecule has 3 N–H and O–H groups in total. The van der Waals surface area contributed by atoms with E-state index >= 15 is 0 Å². The lowest BCUT2D eigenvalue weighted by atomic mass is 10.1. The molecule has 1 aromatic carbocycles. The van der Waals surface area contributed by atoms with Gasteiger partial charge in [0.2, 0.25) is 10.0 Å². The van der Waals surface area contributed by atoms with Crippen LogP contribution in [0.5, 0.6) is 5.75 Å². The number of aromatic hydroxyl groups is 1. The largest absolute Gasteiger partial charge is 0.508 e. The first-order valence-corrected chi connectivity index (χ1v) is 7.08. The molecule has 0 aliphatic carbocycles. The first-order valence-electron chi connectivity index (χ1n) is 5.43. The summed E-state index contributed by atoms with van der Waals surface area (Å²) in [6, 6.07) is 6.73. The summed E-state index contributed by atoms with van der Waals surface area (Å²) >= 11 is 0. The van der Waals surface area contributed by atoms with Crippen molar-refractivity contribution in [1.29, 1.82) is 0 Å². The van der Waals surface area contributed by atoms with Crippen LogP contribution in [0, 0.1) is 0 Å². The van der Waals surface area contributed by atoms with Gasteiger partial charge >= 0.3 is 0 Å². The van der Waals surface area contributed by atoms with Crippen molar-refractivity contribution in [2.45, 2.75) is 6.42 Å². The third-order valence-electron chi connectivity index (χ3n) is 2.29. The monoisotopic (exact) mass is 258 g/mol. The zero-order chi connectivity index (χ0) is 12.7. The molecule has 0 aliphatic heterocycles. The van der Waals surface area contributed by atoms with Crippen molar-refractivity contribution < 1.29 is 13.5 Å². The fourth-order valence-corrected chi connectivity index (χ4v) is 2.35. The summed E-state index contributed by atoms with van der Waals surface area (Å²) in [6.07, 6.45) is 0.610.